The van der Waals surface area contributed by atoms with Crippen LogP contribution in [0.15, 0.2) is 28.8 Å². The monoisotopic (exact) mass is 324 g/mol. The van der Waals surface area contributed by atoms with Crippen LogP contribution in [0.2, 0.25) is 5.02 Å². The van der Waals surface area contributed by atoms with Crippen molar-refractivity contribution in [2.45, 2.75) is 6.92 Å². The predicted molar refractivity (Wildman–Crippen MR) is 78.2 cm³/mol. The second-order valence-electron chi connectivity index (χ2n) is 4.29. The first-order valence-corrected chi connectivity index (χ1v) is 6.61. The molecule has 0 fully saturated rings. The number of esters is 1. The third kappa shape index (κ3) is 3.98. The van der Waals surface area contributed by atoms with Crippen LogP contribution in [0.5, 0.6) is 5.75 Å². The van der Waals surface area contributed by atoms with Crippen LogP contribution in [-0.4, -0.2) is 30.7 Å². The summed E-state index contributed by atoms with van der Waals surface area (Å²) in [5.41, 5.74) is 0.178. The quantitative estimate of drug-likeness (QED) is 0.849. The molecule has 1 aromatic heterocycles. The Balaban J connectivity index is 2.02. The standard InChI is InChI=1S/C14H13ClN2O5/c1-8-5-12(17-22-8)16-13(18)7-21-11-6-9(15)3-4-10(11)14(19)20-2/h3-6H,7H2,1-2H3,(H,16,17,18). The van der Waals surface area contributed by atoms with E-state index < -0.39 is 11.9 Å². The molecule has 0 saturated carbocycles. The smallest absolute Gasteiger partial charge is 0.341 e. The van der Waals surface area contributed by atoms with Crippen molar-refractivity contribution in [2.24, 2.45) is 0 Å². The van der Waals surface area contributed by atoms with E-state index in [1.165, 1.54) is 25.3 Å². The number of carbonyl (C=O) groups excluding carboxylic acids is 2. The Morgan fingerprint density at radius 1 is 1.36 bits per heavy atom. The molecule has 0 radical (unpaired) electrons. The number of benzene rings is 1. The Labute approximate surface area is 131 Å². The van der Waals surface area contributed by atoms with E-state index >= 15 is 0 Å². The molecule has 116 valence electrons. The molecule has 0 bridgehead atoms. The van der Waals surface area contributed by atoms with Crippen molar-refractivity contribution in [1.29, 1.82) is 0 Å². The molecule has 0 spiro atoms. The van der Waals surface area contributed by atoms with E-state index in [9.17, 15) is 9.59 Å². The number of aryl methyl sites for hydroxylation is 1. The largest absolute Gasteiger partial charge is 0.483 e. The summed E-state index contributed by atoms with van der Waals surface area (Å²) in [5, 5.41) is 6.49. The van der Waals surface area contributed by atoms with Gasteiger partial charge in [-0.3, -0.25) is 4.79 Å². The highest BCUT2D eigenvalue weighted by Gasteiger charge is 2.15. The molecule has 0 aliphatic heterocycles. The third-order valence-corrected chi connectivity index (χ3v) is 2.84. The number of ether oxygens (including phenoxy) is 2. The maximum atomic E-state index is 11.8. The van der Waals surface area contributed by atoms with Crippen LogP contribution in [0.3, 0.4) is 0 Å². The van der Waals surface area contributed by atoms with Gasteiger partial charge in [0.2, 0.25) is 0 Å². The molecular weight excluding hydrogens is 312 g/mol. The summed E-state index contributed by atoms with van der Waals surface area (Å²) in [4.78, 5) is 23.4. The van der Waals surface area contributed by atoms with E-state index in [0.717, 1.165) is 0 Å². The lowest BCUT2D eigenvalue weighted by molar-refractivity contribution is -0.118. The number of nitrogens with one attached hydrogen (secondary N) is 1. The Morgan fingerprint density at radius 2 is 2.14 bits per heavy atom. The number of aromatic nitrogens is 1. The zero-order valence-electron chi connectivity index (χ0n) is 11.9. The van der Waals surface area contributed by atoms with Gasteiger partial charge in [0, 0.05) is 11.1 Å². The second kappa shape index (κ2) is 6.95. The van der Waals surface area contributed by atoms with Gasteiger partial charge in [-0.2, -0.15) is 0 Å². The highest BCUT2D eigenvalue weighted by molar-refractivity contribution is 6.30. The van der Waals surface area contributed by atoms with Crippen molar-refractivity contribution >= 4 is 29.3 Å². The van der Waals surface area contributed by atoms with Crippen molar-refractivity contribution in [1.82, 2.24) is 5.16 Å². The molecule has 0 aliphatic rings. The summed E-state index contributed by atoms with van der Waals surface area (Å²) < 4.78 is 14.8. The van der Waals surface area contributed by atoms with E-state index in [4.69, 9.17) is 20.9 Å². The van der Waals surface area contributed by atoms with Crippen molar-refractivity contribution < 1.29 is 23.6 Å². The van der Waals surface area contributed by atoms with Gasteiger partial charge < -0.3 is 19.3 Å². The number of carbonyl (C=O) groups is 2. The van der Waals surface area contributed by atoms with Gasteiger partial charge in [0.15, 0.2) is 12.4 Å². The molecule has 2 aromatic rings. The van der Waals surface area contributed by atoms with Crippen LogP contribution in [0, 0.1) is 6.92 Å². The molecule has 0 unspecified atom stereocenters. The fraction of sp³-hybridized carbons (Fsp3) is 0.214. The van der Waals surface area contributed by atoms with Gasteiger partial charge >= 0.3 is 5.97 Å². The van der Waals surface area contributed by atoms with Crippen LogP contribution < -0.4 is 10.1 Å². The minimum Gasteiger partial charge on any atom is -0.483 e. The number of hydrogen-bond donors (Lipinski definition) is 1. The van der Waals surface area contributed by atoms with Crippen LogP contribution in [0.1, 0.15) is 16.1 Å². The summed E-state index contributed by atoms with van der Waals surface area (Å²) >= 11 is 5.86. The van der Waals surface area contributed by atoms with Gasteiger partial charge in [0.25, 0.3) is 5.91 Å². The SMILES string of the molecule is COC(=O)c1ccc(Cl)cc1OCC(=O)Nc1cc(C)on1. The zero-order valence-corrected chi connectivity index (χ0v) is 12.6. The van der Waals surface area contributed by atoms with E-state index in [-0.39, 0.29) is 23.7 Å². The minimum atomic E-state index is -0.584. The van der Waals surface area contributed by atoms with Crippen molar-refractivity contribution in [3.8, 4) is 5.75 Å². The lowest BCUT2D eigenvalue weighted by atomic mass is 10.2. The maximum absolute atomic E-state index is 11.8. The predicted octanol–water partition coefficient (Wildman–Crippen LogP) is 2.44. The van der Waals surface area contributed by atoms with Gasteiger partial charge in [0.1, 0.15) is 17.1 Å². The number of rotatable bonds is 5. The lowest BCUT2D eigenvalue weighted by Crippen LogP contribution is -2.21. The van der Waals surface area contributed by atoms with E-state index in [2.05, 4.69) is 15.2 Å². The number of hydrogen-bond acceptors (Lipinski definition) is 6. The van der Waals surface area contributed by atoms with E-state index in [1.54, 1.807) is 13.0 Å². The highest BCUT2D eigenvalue weighted by atomic mass is 35.5. The molecular formula is C14H13ClN2O5. The Morgan fingerprint density at radius 3 is 2.77 bits per heavy atom. The summed E-state index contributed by atoms with van der Waals surface area (Å²) in [6.07, 6.45) is 0. The first-order valence-electron chi connectivity index (χ1n) is 6.23. The van der Waals surface area contributed by atoms with E-state index in [1.807, 2.05) is 0 Å². The molecule has 2 rings (SSSR count). The van der Waals surface area contributed by atoms with Gasteiger partial charge in [-0.25, -0.2) is 4.79 Å². The van der Waals surface area contributed by atoms with Crippen molar-refractivity contribution in [3.63, 3.8) is 0 Å². The van der Waals surface area contributed by atoms with Gasteiger partial charge in [-0.15, -0.1) is 0 Å². The fourth-order valence-corrected chi connectivity index (χ4v) is 1.80. The molecule has 8 heteroatoms. The number of anilines is 1. The van der Waals surface area contributed by atoms with Crippen LogP contribution in [0.25, 0.3) is 0 Å². The van der Waals surface area contributed by atoms with Crippen molar-refractivity contribution in [3.05, 3.63) is 40.6 Å². The topological polar surface area (TPSA) is 90.7 Å². The zero-order chi connectivity index (χ0) is 16.1. The summed E-state index contributed by atoms with van der Waals surface area (Å²) in [5.74, 6) is -0.0291. The molecule has 1 amide bonds. The Kier molecular flexibility index (Phi) is 5.00. The average Bonchev–Trinajstić information content (AvgIpc) is 2.89. The molecule has 22 heavy (non-hydrogen) atoms. The molecule has 1 aromatic carbocycles. The first kappa shape index (κ1) is 15.8. The molecule has 0 saturated heterocycles. The number of halogens is 1. The lowest BCUT2D eigenvalue weighted by Gasteiger charge is -2.10. The summed E-state index contributed by atoms with van der Waals surface area (Å²) in [6.45, 7) is 1.38. The highest BCUT2D eigenvalue weighted by Crippen LogP contribution is 2.24. The maximum Gasteiger partial charge on any atom is 0.341 e. The second-order valence-corrected chi connectivity index (χ2v) is 4.73. The Bertz CT molecular complexity index is 698. The molecule has 1 heterocycles. The Hall–Kier alpha value is -2.54. The third-order valence-electron chi connectivity index (χ3n) is 2.60. The van der Waals surface area contributed by atoms with Crippen LogP contribution in [0.4, 0.5) is 5.82 Å². The van der Waals surface area contributed by atoms with Crippen LogP contribution >= 0.6 is 11.6 Å². The van der Waals surface area contributed by atoms with Gasteiger partial charge in [-0.1, -0.05) is 16.8 Å². The molecule has 0 atom stereocenters. The number of methoxy groups -OCH3 is 1. The first-order chi connectivity index (χ1) is 10.5. The van der Waals surface area contributed by atoms with Gasteiger partial charge in [0.05, 0.1) is 7.11 Å². The summed E-state index contributed by atoms with van der Waals surface area (Å²) in [6, 6.07) is 5.99. The minimum absolute atomic E-state index is 0.158. The van der Waals surface area contributed by atoms with Crippen molar-refractivity contribution in [2.75, 3.05) is 19.0 Å². The number of amides is 1. The average molecular weight is 325 g/mol. The molecule has 1 N–H and O–H groups in total. The fourth-order valence-electron chi connectivity index (χ4n) is 1.64. The molecule has 7 nitrogen and oxygen atoms in total. The normalized spacial score (nSPS) is 10.1. The summed E-state index contributed by atoms with van der Waals surface area (Å²) in [7, 11) is 1.25. The van der Waals surface area contributed by atoms with Gasteiger partial charge in [-0.05, 0) is 25.1 Å². The van der Waals surface area contributed by atoms with E-state index in [0.29, 0.717) is 10.8 Å². The number of nitrogens with zero attached hydrogens (tertiary/aromatic N) is 1. The van der Waals surface area contributed by atoms with Crippen LogP contribution in [-0.2, 0) is 9.53 Å². The molecule has 0 aliphatic carbocycles.